The highest BCUT2D eigenvalue weighted by Crippen LogP contribution is 2.30. The van der Waals surface area contributed by atoms with Gasteiger partial charge in [-0.25, -0.2) is 8.42 Å². The van der Waals surface area contributed by atoms with Crippen molar-refractivity contribution in [2.75, 3.05) is 19.6 Å². The largest absolute Gasteiger partial charge is 0.451 e. The van der Waals surface area contributed by atoms with Gasteiger partial charge in [0.2, 0.25) is 10.0 Å². The monoisotopic (exact) mass is 440 g/mol. The molecule has 3 aromatic rings. The number of carbonyl (C=O) groups excluding carboxylic acids is 1. The normalized spacial score (nSPS) is 15.9. The molecule has 1 fully saturated rings. The molecular formula is C24H28N2O4S. The van der Waals surface area contributed by atoms with Crippen LogP contribution < -0.4 is 5.32 Å². The molecule has 164 valence electrons. The molecule has 4 rings (SSSR count). The Kier molecular flexibility index (Phi) is 6.16. The van der Waals surface area contributed by atoms with E-state index in [2.05, 4.69) is 12.2 Å². The van der Waals surface area contributed by atoms with E-state index in [9.17, 15) is 13.2 Å². The fourth-order valence-corrected chi connectivity index (χ4v) is 5.49. The number of sulfonamides is 1. The Balaban J connectivity index is 1.51. The number of carbonyl (C=O) groups is 1. The second-order valence-corrected chi connectivity index (χ2v) is 10.2. The fourth-order valence-electron chi connectivity index (χ4n) is 4.00. The number of benzene rings is 2. The number of piperidine rings is 1. The van der Waals surface area contributed by atoms with Crippen LogP contribution in [0.25, 0.3) is 11.0 Å². The minimum atomic E-state index is -3.56. The standard InChI is InChI=1S/C24H28N2O4S/c1-17-11-14-26(15-12-17)31(28,29)20-8-9-22-21(16-20)18(2)23(30-22)24(27)25-13-10-19-6-4-3-5-7-19/h3-9,16-17H,10-15H2,1-2H3,(H,25,27). The van der Waals surface area contributed by atoms with E-state index in [-0.39, 0.29) is 16.6 Å². The minimum Gasteiger partial charge on any atom is -0.451 e. The third-order valence-corrected chi connectivity index (χ3v) is 7.93. The Bertz CT molecular complexity index is 1180. The molecule has 0 spiro atoms. The lowest BCUT2D eigenvalue weighted by Crippen LogP contribution is -2.37. The summed E-state index contributed by atoms with van der Waals surface area (Å²) in [5.41, 5.74) is 2.31. The van der Waals surface area contributed by atoms with Gasteiger partial charge in [0.1, 0.15) is 5.58 Å². The Morgan fingerprint density at radius 2 is 1.84 bits per heavy atom. The fraction of sp³-hybridized carbons (Fsp3) is 0.375. The van der Waals surface area contributed by atoms with Crippen molar-refractivity contribution in [1.82, 2.24) is 9.62 Å². The molecule has 6 nitrogen and oxygen atoms in total. The number of hydrogen-bond acceptors (Lipinski definition) is 4. The lowest BCUT2D eigenvalue weighted by molar-refractivity contribution is 0.0927. The Morgan fingerprint density at radius 3 is 2.55 bits per heavy atom. The van der Waals surface area contributed by atoms with Crippen molar-refractivity contribution >= 4 is 26.9 Å². The number of nitrogens with zero attached hydrogens (tertiary/aromatic N) is 1. The van der Waals surface area contributed by atoms with Gasteiger partial charge in [0.25, 0.3) is 5.91 Å². The molecule has 7 heteroatoms. The maximum Gasteiger partial charge on any atom is 0.287 e. The Labute approximate surface area is 183 Å². The second kappa shape index (κ2) is 8.85. The van der Waals surface area contributed by atoms with Gasteiger partial charge < -0.3 is 9.73 Å². The number of fused-ring (bicyclic) bond motifs is 1. The quantitative estimate of drug-likeness (QED) is 0.625. The molecule has 0 aliphatic carbocycles. The van der Waals surface area contributed by atoms with Crippen LogP contribution in [0.4, 0.5) is 0 Å². The molecule has 2 aromatic carbocycles. The van der Waals surface area contributed by atoms with Crippen LogP contribution in [-0.4, -0.2) is 38.3 Å². The zero-order chi connectivity index (χ0) is 22.0. The maximum atomic E-state index is 13.1. The smallest absolute Gasteiger partial charge is 0.287 e. The van der Waals surface area contributed by atoms with Crippen LogP contribution in [0.15, 0.2) is 57.8 Å². The molecule has 0 radical (unpaired) electrons. The number of hydrogen-bond donors (Lipinski definition) is 1. The molecule has 31 heavy (non-hydrogen) atoms. The summed E-state index contributed by atoms with van der Waals surface area (Å²) in [7, 11) is -3.56. The molecular weight excluding hydrogens is 412 g/mol. The van der Waals surface area contributed by atoms with Crippen molar-refractivity contribution in [1.29, 1.82) is 0 Å². The van der Waals surface area contributed by atoms with E-state index < -0.39 is 10.0 Å². The van der Waals surface area contributed by atoms with E-state index in [4.69, 9.17) is 4.42 Å². The predicted molar refractivity (Wildman–Crippen MR) is 121 cm³/mol. The van der Waals surface area contributed by atoms with E-state index in [0.717, 1.165) is 24.8 Å². The van der Waals surface area contributed by atoms with E-state index >= 15 is 0 Å². The first-order valence-corrected chi connectivity index (χ1v) is 12.2. The number of aryl methyl sites for hydroxylation is 1. The molecule has 0 unspecified atom stereocenters. The third-order valence-electron chi connectivity index (χ3n) is 6.04. The van der Waals surface area contributed by atoms with Gasteiger partial charge in [-0.15, -0.1) is 0 Å². The van der Waals surface area contributed by atoms with Gasteiger partial charge in [-0.3, -0.25) is 4.79 Å². The molecule has 0 saturated carbocycles. The first kappa shape index (κ1) is 21.6. The van der Waals surface area contributed by atoms with E-state index in [1.165, 1.54) is 0 Å². The summed E-state index contributed by atoms with van der Waals surface area (Å²) in [6.07, 6.45) is 2.47. The summed E-state index contributed by atoms with van der Waals surface area (Å²) in [6.45, 7) is 5.52. The average molecular weight is 441 g/mol. The van der Waals surface area contributed by atoms with Gasteiger partial charge in [0.15, 0.2) is 5.76 Å². The lowest BCUT2D eigenvalue weighted by atomic mass is 10.0. The summed E-state index contributed by atoms with van der Waals surface area (Å²) < 4.78 is 33.5. The van der Waals surface area contributed by atoms with Gasteiger partial charge in [-0.05, 0) is 55.9 Å². The van der Waals surface area contributed by atoms with Crippen LogP contribution in [-0.2, 0) is 16.4 Å². The highest BCUT2D eigenvalue weighted by molar-refractivity contribution is 7.89. The number of furan rings is 1. The number of amides is 1. The van der Waals surface area contributed by atoms with Crippen molar-refractivity contribution in [2.24, 2.45) is 5.92 Å². The molecule has 1 aromatic heterocycles. The summed E-state index contributed by atoms with van der Waals surface area (Å²) >= 11 is 0. The molecule has 1 aliphatic rings. The van der Waals surface area contributed by atoms with Crippen LogP contribution >= 0.6 is 0 Å². The van der Waals surface area contributed by atoms with Crippen LogP contribution in [0.3, 0.4) is 0 Å². The SMILES string of the molecule is Cc1c(C(=O)NCCc2ccccc2)oc2ccc(S(=O)(=O)N3CCC(C)CC3)cc12. The first-order valence-electron chi connectivity index (χ1n) is 10.7. The van der Waals surface area contributed by atoms with Crippen LogP contribution in [0.1, 0.15) is 41.4 Å². The van der Waals surface area contributed by atoms with Gasteiger partial charge >= 0.3 is 0 Å². The molecule has 2 heterocycles. The molecule has 0 bridgehead atoms. The van der Waals surface area contributed by atoms with Gasteiger partial charge in [0, 0.05) is 30.6 Å². The van der Waals surface area contributed by atoms with Crippen molar-refractivity contribution in [3.63, 3.8) is 0 Å². The number of nitrogens with one attached hydrogen (secondary N) is 1. The van der Waals surface area contributed by atoms with Gasteiger partial charge in [-0.2, -0.15) is 4.31 Å². The Hall–Kier alpha value is -2.64. The second-order valence-electron chi connectivity index (χ2n) is 8.29. The summed E-state index contributed by atoms with van der Waals surface area (Å²) in [5.74, 6) is 0.483. The summed E-state index contributed by atoms with van der Waals surface area (Å²) in [4.78, 5) is 12.9. The van der Waals surface area contributed by atoms with Crippen molar-refractivity contribution in [3.05, 3.63) is 65.4 Å². The van der Waals surface area contributed by atoms with Crippen molar-refractivity contribution in [3.8, 4) is 0 Å². The topological polar surface area (TPSA) is 79.6 Å². The van der Waals surface area contributed by atoms with E-state index in [1.807, 2.05) is 30.3 Å². The van der Waals surface area contributed by atoms with Crippen molar-refractivity contribution in [2.45, 2.75) is 38.0 Å². The molecule has 1 saturated heterocycles. The molecule has 1 N–H and O–H groups in total. The molecule has 1 aliphatic heterocycles. The van der Waals surface area contributed by atoms with Gasteiger partial charge in [0.05, 0.1) is 4.90 Å². The molecule has 1 amide bonds. The molecule has 0 atom stereocenters. The highest BCUT2D eigenvalue weighted by Gasteiger charge is 2.29. The summed E-state index contributed by atoms with van der Waals surface area (Å²) in [5, 5.41) is 3.54. The van der Waals surface area contributed by atoms with Gasteiger partial charge in [-0.1, -0.05) is 37.3 Å². The zero-order valence-electron chi connectivity index (χ0n) is 17.9. The van der Waals surface area contributed by atoms with E-state index in [0.29, 0.717) is 42.1 Å². The van der Waals surface area contributed by atoms with E-state index in [1.54, 1.807) is 29.4 Å². The third kappa shape index (κ3) is 4.52. The minimum absolute atomic E-state index is 0.226. The van der Waals surface area contributed by atoms with Crippen LogP contribution in [0.2, 0.25) is 0 Å². The first-order chi connectivity index (χ1) is 14.9. The Morgan fingerprint density at radius 1 is 1.13 bits per heavy atom. The maximum absolute atomic E-state index is 13.1. The lowest BCUT2D eigenvalue weighted by Gasteiger charge is -2.29. The van der Waals surface area contributed by atoms with Crippen LogP contribution in [0, 0.1) is 12.8 Å². The zero-order valence-corrected chi connectivity index (χ0v) is 18.7. The average Bonchev–Trinajstić information content (AvgIpc) is 3.11. The van der Waals surface area contributed by atoms with Crippen molar-refractivity contribution < 1.29 is 17.6 Å². The predicted octanol–water partition coefficient (Wildman–Crippen LogP) is 4.13. The highest BCUT2D eigenvalue weighted by atomic mass is 32.2. The number of rotatable bonds is 6. The van der Waals surface area contributed by atoms with Crippen LogP contribution in [0.5, 0.6) is 0 Å². The summed E-state index contributed by atoms with van der Waals surface area (Å²) in [6, 6.07) is 14.8.